The number of hydrogen-bond acceptors (Lipinski definition) is 3. The fourth-order valence-corrected chi connectivity index (χ4v) is 1.74. The van der Waals surface area contributed by atoms with Gasteiger partial charge in [0.1, 0.15) is 0 Å². The molecule has 0 unspecified atom stereocenters. The van der Waals surface area contributed by atoms with E-state index in [4.69, 9.17) is 0 Å². The summed E-state index contributed by atoms with van der Waals surface area (Å²) in [7, 11) is 0. The molecule has 1 heterocycles. The highest BCUT2D eigenvalue weighted by Gasteiger charge is 2.12. The molecule has 1 aromatic heterocycles. The summed E-state index contributed by atoms with van der Waals surface area (Å²) >= 11 is 3.27. The molecule has 0 atom stereocenters. The van der Waals surface area contributed by atoms with E-state index < -0.39 is 4.92 Å². The topological polar surface area (TPSA) is 71.8 Å². The van der Waals surface area contributed by atoms with Crippen molar-refractivity contribution in [1.29, 1.82) is 0 Å². The highest BCUT2D eigenvalue weighted by atomic mass is 79.9. The van der Waals surface area contributed by atoms with Gasteiger partial charge >= 0.3 is 0 Å². The second-order valence-electron chi connectivity index (χ2n) is 2.79. The fraction of sp³-hybridized carbons (Fsp3) is 0.125. The van der Waals surface area contributed by atoms with Gasteiger partial charge in [0.15, 0.2) is 0 Å². The van der Waals surface area contributed by atoms with Crippen molar-refractivity contribution in [2.45, 2.75) is 5.33 Å². The van der Waals surface area contributed by atoms with Gasteiger partial charge in [-0.15, -0.1) is 0 Å². The molecule has 0 aliphatic carbocycles. The molecule has 1 N–H and O–H groups in total. The lowest BCUT2D eigenvalue weighted by Gasteiger charge is -1.97. The van der Waals surface area contributed by atoms with Crippen LogP contribution in [0.3, 0.4) is 0 Å². The molecule has 0 spiro atoms. The van der Waals surface area contributed by atoms with Crippen molar-refractivity contribution in [3.63, 3.8) is 0 Å². The van der Waals surface area contributed by atoms with Crippen molar-refractivity contribution in [3.8, 4) is 0 Å². The molecule has 0 radical (unpaired) electrons. The zero-order chi connectivity index (χ0) is 10.1. The molecule has 6 heteroatoms. The summed E-state index contributed by atoms with van der Waals surface area (Å²) in [6.45, 7) is 0. The van der Waals surface area contributed by atoms with Crippen LogP contribution >= 0.6 is 15.9 Å². The van der Waals surface area contributed by atoms with Crippen molar-refractivity contribution >= 4 is 32.7 Å². The van der Waals surface area contributed by atoms with E-state index in [0.29, 0.717) is 10.8 Å². The Hall–Kier alpha value is -1.43. The number of rotatable bonds is 2. The van der Waals surface area contributed by atoms with Crippen LogP contribution in [0.1, 0.15) is 5.56 Å². The van der Waals surface area contributed by atoms with E-state index in [1.54, 1.807) is 0 Å². The lowest BCUT2D eigenvalue weighted by atomic mass is 10.2. The number of nitrogens with one attached hydrogen (secondary N) is 1. The van der Waals surface area contributed by atoms with Gasteiger partial charge in [0.05, 0.1) is 22.3 Å². The maximum Gasteiger partial charge on any atom is 0.271 e. The lowest BCUT2D eigenvalue weighted by Crippen LogP contribution is -1.90. The molecular weight excluding hydrogens is 250 g/mol. The standard InChI is InChI=1S/C8H6BrN3O2/c9-3-5-1-6(12(13)14)2-7-8(5)11-4-10-7/h1-2,4H,3H2,(H,10,11). The van der Waals surface area contributed by atoms with E-state index >= 15 is 0 Å². The van der Waals surface area contributed by atoms with Crippen LogP contribution in [0.2, 0.25) is 0 Å². The first-order valence-corrected chi connectivity index (χ1v) is 5.01. The highest BCUT2D eigenvalue weighted by molar-refractivity contribution is 9.08. The minimum Gasteiger partial charge on any atom is -0.344 e. The number of hydrogen-bond donors (Lipinski definition) is 1. The smallest absolute Gasteiger partial charge is 0.271 e. The first-order chi connectivity index (χ1) is 6.72. The Kier molecular flexibility index (Phi) is 2.20. The maximum atomic E-state index is 10.6. The monoisotopic (exact) mass is 255 g/mol. The number of halogens is 1. The minimum atomic E-state index is -0.410. The predicted molar refractivity (Wildman–Crippen MR) is 55.4 cm³/mol. The minimum absolute atomic E-state index is 0.0798. The first-order valence-electron chi connectivity index (χ1n) is 3.88. The molecule has 14 heavy (non-hydrogen) atoms. The third kappa shape index (κ3) is 1.37. The van der Waals surface area contributed by atoms with Gasteiger partial charge in [-0.3, -0.25) is 10.1 Å². The van der Waals surface area contributed by atoms with E-state index in [2.05, 4.69) is 25.9 Å². The van der Waals surface area contributed by atoms with Crippen molar-refractivity contribution in [3.05, 3.63) is 34.1 Å². The largest absolute Gasteiger partial charge is 0.344 e. The van der Waals surface area contributed by atoms with Crippen molar-refractivity contribution in [2.24, 2.45) is 0 Å². The summed E-state index contributed by atoms with van der Waals surface area (Å²) < 4.78 is 0. The third-order valence-electron chi connectivity index (χ3n) is 1.94. The molecule has 0 aliphatic rings. The lowest BCUT2D eigenvalue weighted by molar-refractivity contribution is -0.384. The van der Waals surface area contributed by atoms with Gasteiger partial charge in [0.25, 0.3) is 5.69 Å². The van der Waals surface area contributed by atoms with Crippen molar-refractivity contribution in [1.82, 2.24) is 9.97 Å². The predicted octanol–water partition coefficient (Wildman–Crippen LogP) is 2.37. The summed E-state index contributed by atoms with van der Waals surface area (Å²) in [6, 6.07) is 3.01. The number of nitro benzene ring substituents is 1. The molecule has 0 saturated carbocycles. The Balaban J connectivity index is 2.73. The summed E-state index contributed by atoms with van der Waals surface area (Å²) in [5.41, 5.74) is 2.35. The van der Waals surface area contributed by atoms with Gasteiger partial charge in [-0.1, -0.05) is 15.9 Å². The van der Waals surface area contributed by atoms with Crippen LogP contribution in [0.4, 0.5) is 5.69 Å². The van der Waals surface area contributed by atoms with Crippen molar-refractivity contribution in [2.75, 3.05) is 0 Å². The van der Waals surface area contributed by atoms with Gasteiger partial charge in [0.2, 0.25) is 0 Å². The molecular formula is C8H6BrN3O2. The van der Waals surface area contributed by atoms with Crippen LogP contribution in [0.25, 0.3) is 11.0 Å². The summed E-state index contributed by atoms with van der Waals surface area (Å²) in [5, 5.41) is 11.1. The second kappa shape index (κ2) is 3.38. The number of alkyl halides is 1. The molecule has 0 bridgehead atoms. The van der Waals surface area contributed by atoms with Gasteiger partial charge in [0, 0.05) is 17.5 Å². The number of H-pyrrole nitrogens is 1. The molecule has 0 amide bonds. The molecule has 72 valence electrons. The number of non-ortho nitro benzene ring substituents is 1. The number of fused-ring (bicyclic) bond motifs is 1. The molecule has 5 nitrogen and oxygen atoms in total. The fourth-order valence-electron chi connectivity index (χ4n) is 1.31. The van der Waals surface area contributed by atoms with Crippen molar-refractivity contribution < 1.29 is 4.92 Å². The number of nitro groups is 1. The summed E-state index contributed by atoms with van der Waals surface area (Å²) in [4.78, 5) is 17.1. The first kappa shape index (κ1) is 9.14. The Morgan fingerprint density at radius 2 is 2.36 bits per heavy atom. The van der Waals surface area contributed by atoms with E-state index in [0.717, 1.165) is 11.1 Å². The molecule has 2 rings (SSSR count). The summed E-state index contributed by atoms with van der Waals surface area (Å²) in [6.07, 6.45) is 1.53. The Labute approximate surface area is 87.4 Å². The van der Waals surface area contributed by atoms with Crippen LogP contribution in [-0.2, 0) is 5.33 Å². The van der Waals surface area contributed by atoms with Crippen LogP contribution < -0.4 is 0 Å². The number of imidazole rings is 1. The van der Waals surface area contributed by atoms with Crippen LogP contribution in [0.15, 0.2) is 18.5 Å². The zero-order valence-corrected chi connectivity index (χ0v) is 8.61. The highest BCUT2D eigenvalue weighted by Crippen LogP contribution is 2.24. The Morgan fingerprint density at radius 1 is 1.57 bits per heavy atom. The number of aromatic amines is 1. The molecule has 0 aliphatic heterocycles. The van der Waals surface area contributed by atoms with E-state index in [1.165, 1.54) is 18.5 Å². The van der Waals surface area contributed by atoms with Crippen LogP contribution in [0, 0.1) is 10.1 Å². The average Bonchev–Trinajstić information content (AvgIpc) is 2.63. The summed E-state index contributed by atoms with van der Waals surface area (Å²) in [5.74, 6) is 0. The molecule has 1 aromatic carbocycles. The average molecular weight is 256 g/mol. The zero-order valence-electron chi connectivity index (χ0n) is 7.03. The van der Waals surface area contributed by atoms with E-state index in [1.807, 2.05) is 0 Å². The third-order valence-corrected chi connectivity index (χ3v) is 2.55. The normalized spacial score (nSPS) is 10.6. The molecule has 0 fully saturated rings. The number of benzene rings is 1. The van der Waals surface area contributed by atoms with E-state index in [9.17, 15) is 10.1 Å². The second-order valence-corrected chi connectivity index (χ2v) is 3.36. The molecule has 0 saturated heterocycles. The Bertz CT molecular complexity index is 494. The van der Waals surface area contributed by atoms with E-state index in [-0.39, 0.29) is 5.69 Å². The number of nitrogens with zero attached hydrogens (tertiary/aromatic N) is 2. The van der Waals surface area contributed by atoms with Gasteiger partial charge in [-0.25, -0.2) is 4.98 Å². The van der Waals surface area contributed by atoms with Crippen LogP contribution in [-0.4, -0.2) is 14.9 Å². The van der Waals surface area contributed by atoms with Gasteiger partial charge in [-0.2, -0.15) is 0 Å². The quantitative estimate of drug-likeness (QED) is 0.509. The van der Waals surface area contributed by atoms with Crippen LogP contribution in [0.5, 0.6) is 0 Å². The number of aromatic nitrogens is 2. The molecule has 2 aromatic rings. The van der Waals surface area contributed by atoms with Gasteiger partial charge in [-0.05, 0) is 5.56 Å². The Morgan fingerprint density at radius 3 is 3.00 bits per heavy atom. The maximum absolute atomic E-state index is 10.6. The SMILES string of the molecule is O=[N+]([O-])c1cc(CBr)c2nc[nH]c2c1. The van der Waals surface area contributed by atoms with Gasteiger partial charge < -0.3 is 4.98 Å².